The first-order valence-electron chi connectivity index (χ1n) is 12.1. The van der Waals surface area contributed by atoms with Crippen molar-refractivity contribution < 1.29 is 22.3 Å². The molecule has 0 spiro atoms. The molecule has 1 amide bonds. The van der Waals surface area contributed by atoms with E-state index in [9.17, 15) is 17.6 Å². The molecule has 1 aromatic heterocycles. The zero-order valence-corrected chi connectivity index (χ0v) is 21.5. The van der Waals surface area contributed by atoms with E-state index in [1.165, 1.54) is 34.6 Å². The van der Waals surface area contributed by atoms with Crippen molar-refractivity contribution in [3.63, 3.8) is 0 Å². The molecule has 1 fully saturated rings. The Kier molecular flexibility index (Phi) is 7.36. The van der Waals surface area contributed by atoms with E-state index >= 15 is 0 Å². The third-order valence-electron chi connectivity index (χ3n) is 6.29. The van der Waals surface area contributed by atoms with E-state index in [0.29, 0.717) is 17.2 Å². The number of sulfonamides is 1. The molecule has 0 N–H and O–H groups in total. The van der Waals surface area contributed by atoms with Crippen molar-refractivity contribution in [3.05, 3.63) is 108 Å². The number of carbonyl (C=O) groups is 1. The molecular formula is C29H23FN4O4S. The molecule has 0 atom stereocenters. The lowest BCUT2D eigenvalue weighted by Crippen LogP contribution is -2.50. The summed E-state index contributed by atoms with van der Waals surface area (Å²) in [7, 11) is -3.77. The standard InChI is InChI=1S/C29H23FN4O4S/c30-23-9-13-25(14-10-23)38-24-11-7-22(8-12-24)27-5-2-6-28(32-27)29(35)33-15-17-34(18-16-33)39(36,37)26-4-1-3-21(19-26)20-31/h1-14,19H,15-18H2. The number of rotatable bonds is 6. The van der Waals surface area contributed by atoms with Gasteiger partial charge >= 0.3 is 0 Å². The molecule has 196 valence electrons. The summed E-state index contributed by atoms with van der Waals surface area (Å²) in [6.07, 6.45) is 0. The minimum absolute atomic E-state index is 0.0600. The fraction of sp³-hybridized carbons (Fsp3) is 0.138. The summed E-state index contributed by atoms with van der Waals surface area (Å²) < 4.78 is 46.2. The predicted molar refractivity (Wildman–Crippen MR) is 142 cm³/mol. The van der Waals surface area contributed by atoms with Crippen LogP contribution in [-0.4, -0.2) is 54.7 Å². The number of halogens is 1. The van der Waals surface area contributed by atoms with Crippen LogP contribution in [0.2, 0.25) is 0 Å². The van der Waals surface area contributed by atoms with Gasteiger partial charge in [-0.25, -0.2) is 17.8 Å². The van der Waals surface area contributed by atoms with Gasteiger partial charge in [-0.2, -0.15) is 9.57 Å². The Morgan fingerprint density at radius 1 is 0.872 bits per heavy atom. The zero-order valence-electron chi connectivity index (χ0n) is 20.7. The topological polar surface area (TPSA) is 104 Å². The van der Waals surface area contributed by atoms with Crippen molar-refractivity contribution in [3.8, 4) is 28.8 Å². The molecular weight excluding hydrogens is 519 g/mol. The van der Waals surface area contributed by atoms with E-state index in [1.807, 2.05) is 18.2 Å². The molecule has 0 saturated carbocycles. The van der Waals surface area contributed by atoms with Crippen molar-refractivity contribution in [2.24, 2.45) is 0 Å². The number of aromatic nitrogens is 1. The third kappa shape index (κ3) is 5.80. The number of carbonyl (C=O) groups excluding carboxylic acids is 1. The number of benzene rings is 3. The van der Waals surface area contributed by atoms with E-state index in [-0.39, 0.29) is 54.1 Å². The first kappa shape index (κ1) is 26.0. The minimum Gasteiger partial charge on any atom is -0.457 e. The van der Waals surface area contributed by atoms with Gasteiger partial charge in [0.15, 0.2) is 0 Å². The van der Waals surface area contributed by atoms with E-state index in [4.69, 9.17) is 10.00 Å². The highest BCUT2D eigenvalue weighted by atomic mass is 32.2. The fourth-order valence-electron chi connectivity index (χ4n) is 4.22. The highest BCUT2D eigenvalue weighted by molar-refractivity contribution is 7.89. The quantitative estimate of drug-likeness (QED) is 0.350. The fourth-order valence-corrected chi connectivity index (χ4v) is 5.68. The van der Waals surface area contributed by atoms with Crippen molar-refractivity contribution in [1.29, 1.82) is 5.26 Å². The number of piperazine rings is 1. The Balaban J connectivity index is 1.24. The van der Waals surface area contributed by atoms with Crippen molar-refractivity contribution in [2.75, 3.05) is 26.2 Å². The molecule has 39 heavy (non-hydrogen) atoms. The molecule has 1 aliphatic heterocycles. The smallest absolute Gasteiger partial charge is 0.272 e. The molecule has 8 nitrogen and oxygen atoms in total. The molecule has 4 aromatic rings. The number of amides is 1. The lowest BCUT2D eigenvalue weighted by atomic mass is 10.1. The second kappa shape index (κ2) is 11.0. The monoisotopic (exact) mass is 542 g/mol. The first-order chi connectivity index (χ1) is 18.8. The average molecular weight is 543 g/mol. The van der Waals surface area contributed by atoms with Gasteiger partial charge < -0.3 is 9.64 Å². The average Bonchev–Trinajstić information content (AvgIpc) is 2.98. The Labute approximate surface area is 225 Å². The second-order valence-corrected chi connectivity index (χ2v) is 10.8. The Morgan fingerprint density at radius 2 is 1.51 bits per heavy atom. The number of hydrogen-bond acceptors (Lipinski definition) is 6. The van der Waals surface area contributed by atoms with Crippen LogP contribution in [0.3, 0.4) is 0 Å². The molecule has 5 rings (SSSR count). The van der Waals surface area contributed by atoms with Crippen LogP contribution in [0.1, 0.15) is 16.1 Å². The van der Waals surface area contributed by atoms with Crippen molar-refractivity contribution >= 4 is 15.9 Å². The first-order valence-corrected chi connectivity index (χ1v) is 13.6. The molecule has 2 heterocycles. The van der Waals surface area contributed by atoms with Crippen molar-refractivity contribution in [1.82, 2.24) is 14.2 Å². The highest BCUT2D eigenvalue weighted by Crippen LogP contribution is 2.26. The summed E-state index contributed by atoms with van der Waals surface area (Å²) >= 11 is 0. The number of nitriles is 1. The van der Waals surface area contributed by atoms with Gasteiger partial charge in [-0.1, -0.05) is 12.1 Å². The number of hydrogen-bond donors (Lipinski definition) is 0. The van der Waals surface area contributed by atoms with Gasteiger partial charge in [0.25, 0.3) is 5.91 Å². The SMILES string of the molecule is N#Cc1cccc(S(=O)(=O)N2CCN(C(=O)c3cccc(-c4ccc(Oc5ccc(F)cc5)cc4)n3)CC2)c1. The summed E-state index contributed by atoms with van der Waals surface area (Å²) in [4.78, 5) is 19.4. The van der Waals surface area contributed by atoms with Crippen LogP contribution in [0.4, 0.5) is 4.39 Å². The van der Waals surface area contributed by atoms with Crippen LogP contribution in [0.5, 0.6) is 11.5 Å². The van der Waals surface area contributed by atoms with E-state index in [1.54, 1.807) is 53.4 Å². The second-order valence-electron chi connectivity index (χ2n) is 8.82. The van der Waals surface area contributed by atoms with Gasteiger partial charge in [-0.3, -0.25) is 4.79 Å². The maximum atomic E-state index is 13.2. The van der Waals surface area contributed by atoms with Gasteiger partial charge in [0, 0.05) is 31.7 Å². The van der Waals surface area contributed by atoms with Gasteiger partial charge in [-0.05, 0) is 78.9 Å². The number of nitrogens with zero attached hydrogens (tertiary/aromatic N) is 4. The summed E-state index contributed by atoms with van der Waals surface area (Å²) in [5.41, 5.74) is 1.92. The molecule has 10 heteroatoms. The highest BCUT2D eigenvalue weighted by Gasteiger charge is 2.31. The van der Waals surface area contributed by atoms with E-state index in [2.05, 4.69) is 4.98 Å². The molecule has 1 aliphatic rings. The molecule has 0 bridgehead atoms. The molecule has 0 aliphatic carbocycles. The summed E-state index contributed by atoms with van der Waals surface area (Å²) in [5.74, 6) is 0.465. The van der Waals surface area contributed by atoms with Gasteiger partial charge in [0.05, 0.1) is 22.2 Å². The van der Waals surface area contributed by atoms with E-state index in [0.717, 1.165) is 5.56 Å². The van der Waals surface area contributed by atoms with Crippen LogP contribution >= 0.6 is 0 Å². The Hall–Kier alpha value is -4.59. The van der Waals surface area contributed by atoms with Crippen LogP contribution in [0, 0.1) is 17.1 Å². The van der Waals surface area contributed by atoms with Gasteiger partial charge in [0.2, 0.25) is 10.0 Å². The largest absolute Gasteiger partial charge is 0.457 e. The maximum Gasteiger partial charge on any atom is 0.272 e. The summed E-state index contributed by atoms with van der Waals surface area (Å²) in [6.45, 7) is 0.717. The molecule has 1 saturated heterocycles. The van der Waals surface area contributed by atoms with Crippen molar-refractivity contribution in [2.45, 2.75) is 4.90 Å². The predicted octanol–water partition coefficient (Wildman–Crippen LogP) is 4.70. The normalized spacial score (nSPS) is 14.0. The van der Waals surface area contributed by atoms with Crippen LogP contribution in [0.15, 0.2) is 95.9 Å². The minimum atomic E-state index is -3.77. The maximum absolute atomic E-state index is 13.2. The Bertz CT molecular complexity index is 1640. The number of pyridine rings is 1. The zero-order chi connectivity index (χ0) is 27.4. The lowest BCUT2D eigenvalue weighted by molar-refractivity contribution is 0.0692. The summed E-state index contributed by atoms with van der Waals surface area (Å²) in [5, 5.41) is 9.08. The molecule has 3 aromatic carbocycles. The van der Waals surface area contributed by atoms with Crippen LogP contribution in [-0.2, 0) is 10.0 Å². The van der Waals surface area contributed by atoms with Gasteiger partial charge in [-0.15, -0.1) is 0 Å². The van der Waals surface area contributed by atoms with E-state index < -0.39 is 10.0 Å². The van der Waals surface area contributed by atoms with Crippen LogP contribution in [0.25, 0.3) is 11.3 Å². The Morgan fingerprint density at radius 3 is 2.18 bits per heavy atom. The lowest BCUT2D eigenvalue weighted by Gasteiger charge is -2.33. The number of ether oxygens (including phenoxy) is 1. The van der Waals surface area contributed by atoms with Gasteiger partial charge in [0.1, 0.15) is 23.0 Å². The summed E-state index contributed by atoms with van der Waals surface area (Å²) in [6, 6.07) is 25.9. The van der Waals surface area contributed by atoms with Crippen LogP contribution < -0.4 is 4.74 Å². The third-order valence-corrected chi connectivity index (χ3v) is 8.19. The molecule has 0 unspecified atom stereocenters. The molecule has 0 radical (unpaired) electrons.